The normalized spacial score (nSPS) is 14.4. The predicted octanol–water partition coefficient (Wildman–Crippen LogP) is 5.34. The van der Waals surface area contributed by atoms with Gasteiger partial charge in [0.25, 0.3) is 0 Å². The number of hydrogen-bond donors (Lipinski definition) is 0. The van der Waals surface area contributed by atoms with Gasteiger partial charge in [-0.25, -0.2) is 4.39 Å². The summed E-state index contributed by atoms with van der Waals surface area (Å²) in [6, 6.07) is 4.22. The summed E-state index contributed by atoms with van der Waals surface area (Å²) in [6.45, 7) is 0. The maximum Gasteiger partial charge on any atom is 0.399 e. The second kappa shape index (κ2) is 5.31. The fourth-order valence-electron chi connectivity index (χ4n) is 1.24. The second-order valence-electron chi connectivity index (χ2n) is 3.04. The third kappa shape index (κ3) is 3.59. The summed E-state index contributed by atoms with van der Waals surface area (Å²) in [4.78, 5) is 0. The van der Waals surface area contributed by atoms with Crippen LogP contribution in [-0.2, 0) is 0 Å². The van der Waals surface area contributed by atoms with Crippen molar-refractivity contribution in [3.05, 3.63) is 45.1 Å². The first-order chi connectivity index (χ1) is 7.34. The van der Waals surface area contributed by atoms with Gasteiger partial charge >= 0.3 is 6.18 Å². The van der Waals surface area contributed by atoms with E-state index >= 15 is 0 Å². The Morgan fingerprint density at radius 1 is 1.06 bits per heavy atom. The molecule has 0 bridgehead atoms. The lowest BCUT2D eigenvalue weighted by molar-refractivity contribution is -0.139. The third-order valence-electron chi connectivity index (χ3n) is 1.86. The van der Waals surface area contributed by atoms with E-state index in [2.05, 4.69) is 31.9 Å². The van der Waals surface area contributed by atoms with Crippen LogP contribution in [0.25, 0.3) is 0 Å². The molecule has 0 spiro atoms. The minimum absolute atomic E-state index is 0.0253. The van der Waals surface area contributed by atoms with Crippen molar-refractivity contribution in [2.45, 2.75) is 12.1 Å². The Morgan fingerprint density at radius 2 is 1.56 bits per heavy atom. The Morgan fingerprint density at radius 3 is 1.94 bits per heavy atom. The molecular weight excluding hydrogens is 356 g/mol. The van der Waals surface area contributed by atoms with E-state index in [1.807, 2.05) is 0 Å². The topological polar surface area (TPSA) is 0 Å². The third-order valence-corrected chi connectivity index (χ3v) is 2.78. The van der Waals surface area contributed by atoms with Crippen LogP contribution in [0.4, 0.5) is 17.6 Å². The minimum atomic E-state index is -4.51. The molecule has 0 aromatic heterocycles. The highest BCUT2D eigenvalue weighted by Crippen LogP contribution is 2.38. The summed E-state index contributed by atoms with van der Waals surface area (Å²) in [5, 5.41) is 0. The van der Waals surface area contributed by atoms with Gasteiger partial charge in [0.2, 0.25) is 0 Å². The molecular formula is C10H6Br2F4. The molecule has 0 fully saturated rings. The molecule has 0 aliphatic rings. The Balaban J connectivity index is 3.21. The maximum atomic E-state index is 12.6. The van der Waals surface area contributed by atoms with Gasteiger partial charge in [0.05, 0.1) is 6.33 Å². The molecule has 1 rings (SSSR count). The monoisotopic (exact) mass is 360 g/mol. The summed E-state index contributed by atoms with van der Waals surface area (Å²) < 4.78 is 50.8. The molecule has 1 atom stereocenters. The lowest BCUT2D eigenvalue weighted by Crippen LogP contribution is -2.18. The van der Waals surface area contributed by atoms with Crippen molar-refractivity contribution < 1.29 is 17.6 Å². The molecule has 0 amide bonds. The van der Waals surface area contributed by atoms with Crippen LogP contribution in [0.1, 0.15) is 11.5 Å². The number of alkyl halides is 3. The van der Waals surface area contributed by atoms with Crippen LogP contribution in [0, 0.1) is 0 Å². The van der Waals surface area contributed by atoms with Gasteiger partial charge in [-0.1, -0.05) is 31.9 Å². The molecule has 16 heavy (non-hydrogen) atoms. The Bertz CT molecular complexity index is 378. The van der Waals surface area contributed by atoms with Gasteiger partial charge in [0, 0.05) is 8.95 Å². The predicted molar refractivity (Wildman–Crippen MR) is 60.9 cm³/mol. The molecule has 0 N–H and O–H groups in total. The lowest BCUT2D eigenvalue weighted by Gasteiger charge is -2.17. The zero-order chi connectivity index (χ0) is 12.3. The molecule has 0 radical (unpaired) electrons. The van der Waals surface area contributed by atoms with Crippen LogP contribution < -0.4 is 0 Å². The van der Waals surface area contributed by atoms with E-state index in [9.17, 15) is 17.6 Å². The van der Waals surface area contributed by atoms with Crippen molar-refractivity contribution in [2.24, 2.45) is 0 Å². The first-order valence-corrected chi connectivity index (χ1v) is 5.73. The minimum Gasteiger partial charge on any atom is -0.216 e. The summed E-state index contributed by atoms with van der Waals surface area (Å²) in [5.41, 5.74) is -0.0253. The Hall–Kier alpha value is -0.360. The Labute approximate surface area is 107 Å². The van der Waals surface area contributed by atoms with E-state index in [-0.39, 0.29) is 11.9 Å². The average Bonchev–Trinajstić information content (AvgIpc) is 2.10. The zero-order valence-electron chi connectivity index (χ0n) is 7.73. The van der Waals surface area contributed by atoms with Crippen LogP contribution in [0.15, 0.2) is 39.6 Å². The molecule has 0 aliphatic carbocycles. The standard InChI is InChI=1S/C10H6Br2F4/c11-7-3-6(4-8(12)5-7)9(1-2-13)10(14,15)16/h1-5,9H/b2-1-. The largest absolute Gasteiger partial charge is 0.399 e. The van der Waals surface area contributed by atoms with Crippen molar-refractivity contribution >= 4 is 31.9 Å². The first kappa shape index (κ1) is 13.7. The number of rotatable bonds is 2. The van der Waals surface area contributed by atoms with Crippen molar-refractivity contribution in [3.8, 4) is 0 Å². The highest BCUT2D eigenvalue weighted by Gasteiger charge is 2.39. The van der Waals surface area contributed by atoms with E-state index in [0.717, 1.165) is 0 Å². The van der Waals surface area contributed by atoms with Gasteiger partial charge in [-0.15, -0.1) is 0 Å². The van der Waals surface area contributed by atoms with E-state index in [1.165, 1.54) is 12.1 Å². The summed E-state index contributed by atoms with van der Waals surface area (Å²) in [7, 11) is 0. The van der Waals surface area contributed by atoms with Crippen molar-refractivity contribution in [1.82, 2.24) is 0 Å². The molecule has 0 aliphatic heterocycles. The van der Waals surface area contributed by atoms with Gasteiger partial charge in [-0.3, -0.25) is 0 Å². The van der Waals surface area contributed by atoms with Crippen LogP contribution in [0.3, 0.4) is 0 Å². The molecule has 0 saturated heterocycles. The highest BCUT2D eigenvalue weighted by atomic mass is 79.9. The van der Waals surface area contributed by atoms with E-state index in [1.54, 1.807) is 6.07 Å². The average molecular weight is 362 g/mol. The molecule has 1 unspecified atom stereocenters. The number of benzene rings is 1. The second-order valence-corrected chi connectivity index (χ2v) is 4.87. The molecule has 0 heterocycles. The van der Waals surface area contributed by atoms with Crippen molar-refractivity contribution in [2.75, 3.05) is 0 Å². The molecule has 6 heteroatoms. The molecule has 88 valence electrons. The molecule has 1 aromatic carbocycles. The van der Waals surface area contributed by atoms with Crippen LogP contribution in [-0.4, -0.2) is 6.18 Å². The van der Waals surface area contributed by atoms with Gasteiger partial charge in [-0.05, 0) is 29.8 Å². The van der Waals surface area contributed by atoms with Gasteiger partial charge in [-0.2, -0.15) is 13.2 Å². The fourth-order valence-corrected chi connectivity index (χ4v) is 2.57. The van der Waals surface area contributed by atoms with Crippen molar-refractivity contribution in [3.63, 3.8) is 0 Å². The van der Waals surface area contributed by atoms with Gasteiger partial charge < -0.3 is 0 Å². The van der Waals surface area contributed by atoms with Crippen LogP contribution in [0.5, 0.6) is 0 Å². The van der Waals surface area contributed by atoms with Crippen LogP contribution >= 0.6 is 31.9 Å². The molecule has 0 saturated carbocycles. The Kier molecular flexibility index (Phi) is 4.55. The first-order valence-electron chi connectivity index (χ1n) is 4.14. The van der Waals surface area contributed by atoms with E-state index in [4.69, 9.17) is 0 Å². The van der Waals surface area contributed by atoms with Gasteiger partial charge in [0.1, 0.15) is 5.92 Å². The van der Waals surface area contributed by atoms with E-state index < -0.39 is 12.1 Å². The summed E-state index contributed by atoms with van der Waals surface area (Å²) in [5.74, 6) is -1.94. The number of hydrogen-bond acceptors (Lipinski definition) is 0. The van der Waals surface area contributed by atoms with Crippen LogP contribution in [0.2, 0.25) is 0 Å². The maximum absolute atomic E-state index is 12.6. The summed E-state index contributed by atoms with van der Waals surface area (Å²) >= 11 is 6.17. The molecule has 0 nitrogen and oxygen atoms in total. The SMILES string of the molecule is F/C=C\C(c1cc(Br)cc(Br)c1)C(F)(F)F. The highest BCUT2D eigenvalue weighted by molar-refractivity contribution is 9.11. The van der Waals surface area contributed by atoms with Crippen molar-refractivity contribution in [1.29, 1.82) is 0 Å². The smallest absolute Gasteiger partial charge is 0.216 e. The molecule has 1 aromatic rings. The lowest BCUT2D eigenvalue weighted by atomic mass is 9.99. The fraction of sp³-hybridized carbons (Fsp3) is 0.200. The van der Waals surface area contributed by atoms with E-state index in [0.29, 0.717) is 15.0 Å². The van der Waals surface area contributed by atoms with Gasteiger partial charge in [0.15, 0.2) is 0 Å². The summed E-state index contributed by atoms with van der Waals surface area (Å²) in [6.07, 6.45) is -4.12. The quantitative estimate of drug-likeness (QED) is 0.623. The number of halogens is 6. The zero-order valence-corrected chi connectivity index (χ0v) is 10.9. The number of allylic oxidation sites excluding steroid dienone is 1.